The summed E-state index contributed by atoms with van der Waals surface area (Å²) in [5.74, 6) is 0.424. The third-order valence-corrected chi connectivity index (χ3v) is 3.28. The van der Waals surface area contributed by atoms with Gasteiger partial charge in [0.05, 0.1) is 10.6 Å². The highest BCUT2D eigenvalue weighted by Gasteiger charge is 2.14. The highest BCUT2D eigenvalue weighted by Crippen LogP contribution is 2.39. The Labute approximate surface area is 117 Å². The van der Waals surface area contributed by atoms with Gasteiger partial charge in [0.25, 0.3) is 0 Å². The molecule has 0 saturated heterocycles. The summed E-state index contributed by atoms with van der Waals surface area (Å²) in [6.45, 7) is 0. The first-order valence-corrected chi connectivity index (χ1v) is 7.80. The molecule has 1 heterocycles. The maximum Gasteiger partial charge on any atom is 0.329 e. The fourth-order valence-electron chi connectivity index (χ4n) is 1.40. The lowest BCUT2D eigenvalue weighted by Gasteiger charge is -2.07. The van der Waals surface area contributed by atoms with E-state index < -0.39 is 7.60 Å². The second kappa shape index (κ2) is 5.79. The lowest BCUT2D eigenvalue weighted by molar-refractivity contribution is 0.371. The predicted octanol–water partition coefficient (Wildman–Crippen LogP) is 2.71. The summed E-state index contributed by atoms with van der Waals surface area (Å²) in [5, 5.41) is 0. The number of hydrogen-bond donors (Lipinski definition) is 2. The molecule has 2 aromatic rings. The van der Waals surface area contributed by atoms with Crippen LogP contribution in [-0.2, 0) is 10.7 Å². The molecule has 100 valence electrons. The fraction of sp³-hybridized carbons (Fsp3) is 0.0909. The van der Waals surface area contributed by atoms with Crippen molar-refractivity contribution in [1.82, 2.24) is 9.97 Å². The molecular formula is C11H10BrN2O4P. The summed E-state index contributed by atoms with van der Waals surface area (Å²) in [7, 11) is -4.09. The molecule has 0 amide bonds. The van der Waals surface area contributed by atoms with E-state index in [9.17, 15) is 4.57 Å². The molecular weight excluding hydrogens is 335 g/mol. The Morgan fingerprint density at radius 2 is 1.95 bits per heavy atom. The molecule has 0 spiro atoms. The number of halogens is 1. The minimum atomic E-state index is -4.09. The first-order chi connectivity index (χ1) is 8.92. The molecule has 8 heteroatoms. The van der Waals surface area contributed by atoms with Gasteiger partial charge in [0, 0.05) is 12.4 Å². The van der Waals surface area contributed by atoms with Crippen LogP contribution in [0.25, 0.3) is 0 Å². The van der Waals surface area contributed by atoms with Gasteiger partial charge in [-0.25, -0.2) is 9.97 Å². The number of hydrogen-bond acceptors (Lipinski definition) is 4. The van der Waals surface area contributed by atoms with Gasteiger partial charge in [-0.15, -0.1) is 0 Å². The van der Waals surface area contributed by atoms with Crippen LogP contribution < -0.4 is 4.74 Å². The Balaban J connectivity index is 2.15. The minimum absolute atomic E-state index is 0.163. The Kier molecular flexibility index (Phi) is 4.31. The van der Waals surface area contributed by atoms with Crippen LogP contribution in [-0.4, -0.2) is 19.8 Å². The molecule has 0 aliphatic carbocycles. The largest absolute Gasteiger partial charge is 0.424 e. The van der Waals surface area contributed by atoms with Crippen molar-refractivity contribution in [2.24, 2.45) is 0 Å². The summed E-state index contributed by atoms with van der Waals surface area (Å²) in [6.07, 6.45) is 2.76. The maximum atomic E-state index is 10.9. The van der Waals surface area contributed by atoms with Crippen LogP contribution in [0, 0.1) is 0 Å². The molecule has 0 aliphatic heterocycles. The smallest absolute Gasteiger partial charge is 0.329 e. The normalized spacial score (nSPS) is 11.3. The first-order valence-electron chi connectivity index (χ1n) is 5.21. The summed E-state index contributed by atoms with van der Waals surface area (Å²) >= 11 is 3.21. The van der Waals surface area contributed by atoms with Crippen molar-refractivity contribution in [1.29, 1.82) is 0 Å². The fourth-order valence-corrected chi connectivity index (χ4v) is 2.28. The summed E-state index contributed by atoms with van der Waals surface area (Å²) in [6, 6.07) is 6.64. The van der Waals surface area contributed by atoms with Gasteiger partial charge in [-0.05, 0) is 33.6 Å². The van der Waals surface area contributed by atoms with Crippen molar-refractivity contribution < 1.29 is 19.1 Å². The second-order valence-corrected chi connectivity index (χ2v) is 6.32. The monoisotopic (exact) mass is 344 g/mol. The van der Waals surface area contributed by atoms with Crippen molar-refractivity contribution in [2.75, 3.05) is 0 Å². The van der Waals surface area contributed by atoms with E-state index in [0.717, 1.165) is 4.47 Å². The lowest BCUT2D eigenvalue weighted by atomic mass is 10.2. The third kappa shape index (κ3) is 4.72. The average molecular weight is 345 g/mol. The van der Waals surface area contributed by atoms with E-state index in [2.05, 4.69) is 25.9 Å². The van der Waals surface area contributed by atoms with Gasteiger partial charge in [0.15, 0.2) is 0 Å². The van der Waals surface area contributed by atoms with Gasteiger partial charge in [0.2, 0.25) is 0 Å². The number of rotatable bonds is 4. The van der Waals surface area contributed by atoms with Crippen molar-refractivity contribution in [3.63, 3.8) is 0 Å². The van der Waals surface area contributed by atoms with Crippen LogP contribution >= 0.6 is 23.5 Å². The van der Waals surface area contributed by atoms with Gasteiger partial charge >= 0.3 is 13.6 Å². The van der Waals surface area contributed by atoms with E-state index in [4.69, 9.17) is 14.5 Å². The van der Waals surface area contributed by atoms with E-state index in [0.29, 0.717) is 11.3 Å². The average Bonchev–Trinajstić information content (AvgIpc) is 2.30. The molecule has 0 atom stereocenters. The molecule has 0 radical (unpaired) electrons. The van der Waals surface area contributed by atoms with E-state index in [1.54, 1.807) is 36.7 Å². The number of benzene rings is 1. The Morgan fingerprint density at radius 1 is 1.26 bits per heavy atom. The summed E-state index contributed by atoms with van der Waals surface area (Å²) in [4.78, 5) is 25.7. The van der Waals surface area contributed by atoms with Crippen molar-refractivity contribution in [2.45, 2.75) is 6.16 Å². The van der Waals surface area contributed by atoms with Crippen molar-refractivity contribution >= 4 is 23.5 Å². The van der Waals surface area contributed by atoms with Gasteiger partial charge in [-0.1, -0.05) is 12.1 Å². The van der Waals surface area contributed by atoms with Crippen LogP contribution in [0.2, 0.25) is 0 Å². The number of aromatic nitrogens is 2. The van der Waals surface area contributed by atoms with Gasteiger partial charge < -0.3 is 14.5 Å². The van der Waals surface area contributed by atoms with E-state index in [-0.39, 0.29) is 12.2 Å². The van der Waals surface area contributed by atoms with Gasteiger partial charge in [-0.3, -0.25) is 4.57 Å². The predicted molar refractivity (Wildman–Crippen MR) is 72.0 cm³/mol. The lowest BCUT2D eigenvalue weighted by Crippen LogP contribution is -1.92. The van der Waals surface area contributed by atoms with Gasteiger partial charge in [-0.2, -0.15) is 0 Å². The second-order valence-electron chi connectivity index (χ2n) is 3.76. The molecule has 0 saturated carbocycles. The maximum absolute atomic E-state index is 10.9. The molecule has 0 bridgehead atoms. The molecule has 0 fully saturated rings. The topological polar surface area (TPSA) is 92.5 Å². The van der Waals surface area contributed by atoms with E-state index >= 15 is 0 Å². The highest BCUT2D eigenvalue weighted by molar-refractivity contribution is 9.10. The Bertz CT molecular complexity index is 614. The zero-order valence-corrected chi connectivity index (χ0v) is 12.1. The molecule has 6 nitrogen and oxygen atoms in total. The number of ether oxygens (including phenoxy) is 1. The van der Waals surface area contributed by atoms with Crippen LogP contribution in [0.4, 0.5) is 0 Å². The zero-order valence-electron chi connectivity index (χ0n) is 9.60. The minimum Gasteiger partial charge on any atom is -0.424 e. The van der Waals surface area contributed by atoms with Gasteiger partial charge in [0.1, 0.15) is 5.75 Å². The highest BCUT2D eigenvalue weighted by atomic mass is 79.9. The third-order valence-electron chi connectivity index (χ3n) is 2.09. The summed E-state index contributed by atoms with van der Waals surface area (Å²) < 4.78 is 17.1. The van der Waals surface area contributed by atoms with E-state index in [1.165, 1.54) is 0 Å². The standard InChI is InChI=1S/C11H10BrN2O4P/c12-9-5-13-11(14-6-9)18-10-3-1-2-8(4-10)7-19(15,16)17/h1-6H,7H2,(H2,15,16,17). The molecule has 19 heavy (non-hydrogen) atoms. The van der Waals surface area contributed by atoms with E-state index in [1.807, 2.05) is 0 Å². The van der Waals surface area contributed by atoms with Crippen molar-refractivity contribution in [3.05, 3.63) is 46.7 Å². The first kappa shape index (κ1) is 14.1. The Morgan fingerprint density at radius 3 is 2.58 bits per heavy atom. The molecule has 0 aliphatic rings. The van der Waals surface area contributed by atoms with Crippen LogP contribution in [0.5, 0.6) is 11.8 Å². The number of nitrogens with zero attached hydrogens (tertiary/aromatic N) is 2. The zero-order chi connectivity index (χ0) is 13.9. The quantitative estimate of drug-likeness (QED) is 0.828. The molecule has 2 N–H and O–H groups in total. The van der Waals surface area contributed by atoms with Crippen LogP contribution in [0.15, 0.2) is 41.1 Å². The molecule has 0 unspecified atom stereocenters. The summed E-state index contributed by atoms with van der Waals surface area (Å²) in [5.41, 5.74) is 0.489. The van der Waals surface area contributed by atoms with Crippen molar-refractivity contribution in [3.8, 4) is 11.8 Å². The Hall–Kier alpha value is -1.27. The SMILES string of the molecule is O=P(O)(O)Cc1cccc(Oc2ncc(Br)cn2)c1. The van der Waals surface area contributed by atoms with Crippen LogP contribution in [0.3, 0.4) is 0 Å². The van der Waals surface area contributed by atoms with Crippen LogP contribution in [0.1, 0.15) is 5.56 Å². The molecule has 1 aromatic carbocycles. The molecule has 1 aromatic heterocycles. The molecule has 2 rings (SSSR count).